The summed E-state index contributed by atoms with van der Waals surface area (Å²) in [5, 5.41) is 9.27. The van der Waals surface area contributed by atoms with Crippen molar-refractivity contribution in [1.82, 2.24) is 15.2 Å². The quantitative estimate of drug-likeness (QED) is 0.506. The summed E-state index contributed by atoms with van der Waals surface area (Å²) >= 11 is 5.76. The Hall–Kier alpha value is -2.66. The minimum atomic E-state index is -5.77. The third kappa shape index (κ3) is 4.99. The van der Waals surface area contributed by atoms with Gasteiger partial charge in [-0.2, -0.15) is 13.2 Å². The van der Waals surface area contributed by atoms with Gasteiger partial charge in [0.05, 0.1) is 5.69 Å². The number of hydrogen-bond acceptors (Lipinski definition) is 7. The van der Waals surface area contributed by atoms with Crippen LogP contribution in [0.2, 0.25) is 5.15 Å². The first-order valence-electron chi connectivity index (χ1n) is 9.13. The highest BCUT2D eigenvalue weighted by atomic mass is 35.5. The Kier molecular flexibility index (Phi) is 6.56. The molecule has 0 aliphatic carbocycles. The zero-order chi connectivity index (χ0) is 22.8. The van der Waals surface area contributed by atoms with E-state index in [0.717, 1.165) is 0 Å². The molecule has 7 nitrogen and oxygen atoms in total. The second-order valence-corrected chi connectivity index (χ2v) is 9.12. The fraction of sp³-hybridized carbons (Fsp3) is 0.316. The van der Waals surface area contributed by atoms with Gasteiger partial charge in [-0.3, -0.25) is 0 Å². The van der Waals surface area contributed by atoms with E-state index in [1.807, 2.05) is 0 Å². The molecule has 12 heteroatoms. The predicted octanol–water partition coefficient (Wildman–Crippen LogP) is 4.60. The van der Waals surface area contributed by atoms with E-state index in [4.69, 9.17) is 11.6 Å². The van der Waals surface area contributed by atoms with Gasteiger partial charge in [-0.05, 0) is 36.6 Å². The van der Waals surface area contributed by atoms with Crippen LogP contribution >= 0.6 is 11.6 Å². The van der Waals surface area contributed by atoms with Gasteiger partial charge >= 0.3 is 5.51 Å². The topological polar surface area (TPSA) is 87.0 Å². The van der Waals surface area contributed by atoms with Crippen LogP contribution in [0.1, 0.15) is 16.7 Å². The van der Waals surface area contributed by atoms with Crippen LogP contribution in [0.4, 0.5) is 18.9 Å². The summed E-state index contributed by atoms with van der Waals surface area (Å²) < 4.78 is 65.0. The van der Waals surface area contributed by atoms with Crippen molar-refractivity contribution >= 4 is 27.1 Å². The van der Waals surface area contributed by atoms with Gasteiger partial charge < -0.3 is 10.2 Å². The van der Waals surface area contributed by atoms with Crippen LogP contribution in [-0.4, -0.2) is 36.9 Å². The molecular formula is C19H19ClF3N5O2S. The molecule has 0 unspecified atom stereocenters. The first-order valence-corrected chi connectivity index (χ1v) is 11.0. The molecule has 0 bridgehead atoms. The standard InChI is InChI=1S/C19H19ClF3N5O2S/c1-12-4-3-5-13(2)16(12)26-27-18(31(29,30)19(21,22)23)17-24-8-9-28(17)11-14-6-7-15(20)25-10-14/h3-7,10,24H,8-9,11H2,1-2H3/b18-17+,27-26+. The number of benzene rings is 1. The second kappa shape index (κ2) is 8.83. The zero-order valence-corrected chi connectivity index (χ0v) is 18.2. The number of nitrogens with zero attached hydrogens (tertiary/aromatic N) is 4. The van der Waals surface area contributed by atoms with Crippen molar-refractivity contribution in [3.8, 4) is 0 Å². The minimum Gasteiger partial charge on any atom is -0.367 e. The third-order valence-electron chi connectivity index (χ3n) is 4.59. The molecule has 0 radical (unpaired) electrons. The van der Waals surface area contributed by atoms with Crippen molar-refractivity contribution < 1.29 is 21.6 Å². The second-order valence-electron chi connectivity index (χ2n) is 6.88. The highest BCUT2D eigenvalue weighted by Crippen LogP contribution is 2.35. The molecule has 2 aromatic rings. The lowest BCUT2D eigenvalue weighted by molar-refractivity contribution is -0.0428. The Morgan fingerprint density at radius 2 is 1.90 bits per heavy atom. The number of aryl methyl sites for hydroxylation is 2. The highest BCUT2D eigenvalue weighted by molar-refractivity contribution is 7.96. The van der Waals surface area contributed by atoms with E-state index < -0.39 is 20.4 Å². The molecule has 3 rings (SSSR count). The maximum Gasteiger partial charge on any atom is 0.503 e. The van der Waals surface area contributed by atoms with Gasteiger partial charge in [0.1, 0.15) is 11.0 Å². The molecule has 166 valence electrons. The molecule has 1 aromatic heterocycles. The number of pyridine rings is 1. The Morgan fingerprint density at radius 3 is 2.48 bits per heavy atom. The fourth-order valence-corrected chi connectivity index (χ4v) is 3.95. The maximum absolute atomic E-state index is 13.4. The van der Waals surface area contributed by atoms with Crippen LogP contribution in [0.15, 0.2) is 57.6 Å². The fourth-order valence-electron chi connectivity index (χ4n) is 3.02. The van der Waals surface area contributed by atoms with Crippen LogP contribution in [0, 0.1) is 13.8 Å². The molecule has 1 saturated heterocycles. The van der Waals surface area contributed by atoms with Gasteiger partial charge in [0.25, 0.3) is 9.84 Å². The largest absolute Gasteiger partial charge is 0.503 e. The average molecular weight is 474 g/mol. The molecular weight excluding hydrogens is 455 g/mol. The van der Waals surface area contributed by atoms with Gasteiger partial charge in [-0.25, -0.2) is 13.4 Å². The molecule has 1 aromatic carbocycles. The summed E-state index contributed by atoms with van der Waals surface area (Å²) in [5.41, 5.74) is -3.28. The number of sulfone groups is 1. The number of rotatable bonds is 5. The Labute approximate surface area is 182 Å². The smallest absolute Gasteiger partial charge is 0.367 e. The molecule has 1 aliphatic rings. The van der Waals surface area contributed by atoms with E-state index in [2.05, 4.69) is 20.5 Å². The lowest BCUT2D eigenvalue weighted by Gasteiger charge is -2.21. The van der Waals surface area contributed by atoms with Crippen LogP contribution in [-0.2, 0) is 16.4 Å². The lowest BCUT2D eigenvalue weighted by Crippen LogP contribution is -2.30. The Bertz CT molecular complexity index is 1110. The first-order chi connectivity index (χ1) is 14.5. The van der Waals surface area contributed by atoms with Gasteiger partial charge in [-0.15, -0.1) is 10.2 Å². The number of halogens is 4. The molecule has 0 saturated carbocycles. The van der Waals surface area contributed by atoms with Gasteiger partial charge in [0.15, 0.2) is 0 Å². The molecule has 31 heavy (non-hydrogen) atoms. The van der Waals surface area contributed by atoms with E-state index in [-0.39, 0.29) is 30.6 Å². The van der Waals surface area contributed by atoms with Crippen LogP contribution < -0.4 is 5.32 Å². The van der Waals surface area contributed by atoms with Crippen LogP contribution in [0.3, 0.4) is 0 Å². The number of azo groups is 1. The van der Waals surface area contributed by atoms with Gasteiger partial charge in [0, 0.05) is 25.8 Å². The van der Waals surface area contributed by atoms with E-state index >= 15 is 0 Å². The van der Waals surface area contributed by atoms with Crippen molar-refractivity contribution in [2.45, 2.75) is 25.9 Å². The lowest BCUT2D eigenvalue weighted by atomic mass is 10.1. The van der Waals surface area contributed by atoms with Crippen molar-refractivity contribution in [1.29, 1.82) is 0 Å². The molecule has 1 aliphatic heterocycles. The molecule has 0 spiro atoms. The summed E-state index contributed by atoms with van der Waals surface area (Å²) in [5.74, 6) is -0.262. The number of hydrogen-bond donors (Lipinski definition) is 1. The highest BCUT2D eigenvalue weighted by Gasteiger charge is 2.51. The van der Waals surface area contributed by atoms with E-state index in [1.54, 1.807) is 38.1 Å². The Balaban J connectivity index is 2.09. The van der Waals surface area contributed by atoms with Crippen molar-refractivity contribution in [3.05, 3.63) is 69.2 Å². The Morgan fingerprint density at radius 1 is 1.23 bits per heavy atom. The normalized spacial score (nSPS) is 16.6. The summed E-state index contributed by atoms with van der Waals surface area (Å²) in [6.07, 6.45) is 1.47. The summed E-state index contributed by atoms with van der Waals surface area (Å²) in [6, 6.07) is 8.37. The maximum atomic E-state index is 13.4. The van der Waals surface area contributed by atoms with E-state index in [0.29, 0.717) is 22.4 Å². The summed E-state index contributed by atoms with van der Waals surface area (Å²) in [7, 11) is -5.77. The predicted molar refractivity (Wildman–Crippen MR) is 110 cm³/mol. The molecule has 1 fully saturated rings. The van der Waals surface area contributed by atoms with Gasteiger partial charge in [-0.1, -0.05) is 35.9 Å². The third-order valence-corrected chi connectivity index (χ3v) is 6.21. The molecule has 1 N–H and O–H groups in total. The number of alkyl halides is 3. The number of nitrogens with one attached hydrogen (secondary N) is 1. The van der Waals surface area contributed by atoms with Crippen molar-refractivity contribution in [2.24, 2.45) is 10.2 Å². The monoisotopic (exact) mass is 473 g/mol. The van der Waals surface area contributed by atoms with Crippen LogP contribution in [0.25, 0.3) is 0 Å². The molecule has 0 amide bonds. The van der Waals surface area contributed by atoms with Crippen molar-refractivity contribution in [3.63, 3.8) is 0 Å². The summed E-state index contributed by atoms with van der Waals surface area (Å²) in [4.78, 5) is 5.39. The van der Waals surface area contributed by atoms with Crippen molar-refractivity contribution in [2.75, 3.05) is 13.1 Å². The molecule has 0 atom stereocenters. The van der Waals surface area contributed by atoms with Gasteiger partial charge in [0.2, 0.25) is 5.03 Å². The summed E-state index contributed by atoms with van der Waals surface area (Å²) in [6.45, 7) is 4.04. The SMILES string of the molecule is Cc1cccc(C)c1/N=N/C(=C1/NCCN1Cc1ccc(Cl)nc1)S(=O)(=O)C(F)(F)F. The van der Waals surface area contributed by atoms with E-state index in [9.17, 15) is 21.6 Å². The number of aromatic nitrogens is 1. The van der Waals surface area contributed by atoms with E-state index in [1.165, 1.54) is 17.2 Å². The zero-order valence-electron chi connectivity index (χ0n) is 16.6. The average Bonchev–Trinajstić information content (AvgIpc) is 3.12. The molecule has 2 heterocycles. The van der Waals surface area contributed by atoms with Crippen LogP contribution in [0.5, 0.6) is 0 Å². The minimum absolute atomic E-state index is 0.113. The first kappa shape index (κ1) is 23.0.